The highest BCUT2D eigenvalue weighted by Crippen LogP contribution is 2.27. The number of ketones is 1. The topological polar surface area (TPSA) is 104 Å². The maximum atomic E-state index is 14.6. The summed E-state index contributed by atoms with van der Waals surface area (Å²) in [6, 6.07) is 2.27. The van der Waals surface area contributed by atoms with Gasteiger partial charge >= 0.3 is 0 Å². The van der Waals surface area contributed by atoms with Crippen molar-refractivity contribution in [1.29, 1.82) is 0 Å². The molecule has 1 aromatic carbocycles. The molecule has 32 heavy (non-hydrogen) atoms. The van der Waals surface area contributed by atoms with E-state index in [2.05, 4.69) is 5.32 Å². The predicted molar refractivity (Wildman–Crippen MR) is 121 cm³/mol. The quantitative estimate of drug-likeness (QED) is 0.610. The third kappa shape index (κ3) is 8.56. The molecule has 8 nitrogen and oxygen atoms in total. The number of hydrogen-bond acceptors (Lipinski definition) is 6. The fourth-order valence-corrected chi connectivity index (χ4v) is 3.08. The fraction of sp³-hybridized carbons (Fsp3) is 0.522. The van der Waals surface area contributed by atoms with Gasteiger partial charge in [0, 0.05) is 51.0 Å². The molecule has 0 saturated carbocycles. The predicted octanol–water partition coefficient (Wildman–Crippen LogP) is 2.66. The summed E-state index contributed by atoms with van der Waals surface area (Å²) in [7, 11) is 1.56. The Morgan fingerprint density at radius 1 is 1.22 bits per heavy atom. The minimum atomic E-state index is -0.588. The zero-order valence-electron chi connectivity index (χ0n) is 19.5. The number of hydrogen-bond donors (Lipinski definition) is 1. The van der Waals surface area contributed by atoms with Crippen LogP contribution in [0.15, 0.2) is 12.1 Å². The number of imide groups is 1. The number of nitrogens with zero attached hydrogens (tertiary/aromatic N) is 2. The van der Waals surface area contributed by atoms with E-state index in [4.69, 9.17) is 4.79 Å². The molecule has 1 unspecified atom stereocenters. The first kappa shape index (κ1) is 28.9. The third-order valence-electron chi connectivity index (χ3n) is 4.83. The second-order valence-corrected chi connectivity index (χ2v) is 6.96. The zero-order valence-corrected chi connectivity index (χ0v) is 19.5. The van der Waals surface area contributed by atoms with Crippen molar-refractivity contribution in [2.45, 2.75) is 59.4 Å². The van der Waals surface area contributed by atoms with Crippen molar-refractivity contribution in [2.75, 3.05) is 25.0 Å². The Bertz CT molecular complexity index is 775. The zero-order chi connectivity index (χ0) is 24.7. The van der Waals surface area contributed by atoms with Crippen molar-refractivity contribution in [1.82, 2.24) is 10.2 Å². The highest BCUT2D eigenvalue weighted by molar-refractivity contribution is 6.01. The van der Waals surface area contributed by atoms with Gasteiger partial charge in [0.25, 0.3) is 5.91 Å². The molecule has 3 amide bonds. The first-order valence-electron chi connectivity index (χ1n) is 10.7. The van der Waals surface area contributed by atoms with Crippen molar-refractivity contribution in [3.63, 3.8) is 0 Å². The van der Waals surface area contributed by atoms with Crippen molar-refractivity contribution in [2.24, 2.45) is 0 Å². The van der Waals surface area contributed by atoms with Gasteiger partial charge in [-0.05, 0) is 38.0 Å². The number of Topliss-reactive ketones (excluding diaryl/α,β-unsaturated/α-hetero) is 1. The van der Waals surface area contributed by atoms with Gasteiger partial charge in [0.15, 0.2) is 0 Å². The molecule has 1 saturated heterocycles. The lowest BCUT2D eigenvalue weighted by molar-refractivity contribution is -0.119. The number of benzene rings is 1. The molecule has 1 N–H and O–H groups in total. The molecule has 1 aliphatic rings. The van der Waals surface area contributed by atoms with Crippen LogP contribution in [0.25, 0.3) is 0 Å². The van der Waals surface area contributed by atoms with Crippen LogP contribution in [0.1, 0.15) is 62.4 Å². The standard InChI is InChI=1S/C19H23FN2O4.C2H5NO.C2H6/c1-13-10-18(21-7-5-15(25)6-8-21)17(20)11-16(13)19(26)22(12-24)14(2)4-3-9-23;1-3-2-4;1-2/h9-12,14H,3-8H2,1-2H3;2H,1H3,(H,3,4);1-2H3. The van der Waals surface area contributed by atoms with Gasteiger partial charge in [-0.2, -0.15) is 0 Å². The number of aryl methyl sites for hydroxylation is 1. The van der Waals surface area contributed by atoms with Gasteiger partial charge < -0.3 is 15.0 Å². The Morgan fingerprint density at radius 3 is 2.25 bits per heavy atom. The lowest BCUT2D eigenvalue weighted by atomic mass is 10.0. The highest BCUT2D eigenvalue weighted by Gasteiger charge is 2.25. The first-order chi connectivity index (χ1) is 15.3. The van der Waals surface area contributed by atoms with Crippen molar-refractivity contribution < 1.29 is 28.4 Å². The van der Waals surface area contributed by atoms with E-state index in [1.54, 1.807) is 31.9 Å². The molecule has 0 bridgehead atoms. The average Bonchev–Trinajstić information content (AvgIpc) is 2.81. The molecule has 1 fully saturated rings. The van der Waals surface area contributed by atoms with Crippen LogP contribution in [0, 0.1) is 12.7 Å². The SMILES string of the molecule is CC.CNC=O.Cc1cc(N2CCC(=O)CC2)c(F)cc1C(=O)N(C=O)C(C)CCC=O. The molecule has 0 spiro atoms. The lowest BCUT2D eigenvalue weighted by Gasteiger charge is -2.29. The van der Waals surface area contributed by atoms with Gasteiger partial charge in [-0.15, -0.1) is 0 Å². The van der Waals surface area contributed by atoms with Crippen LogP contribution >= 0.6 is 0 Å². The monoisotopic (exact) mass is 451 g/mol. The number of nitrogens with one attached hydrogen (secondary N) is 1. The number of piperidine rings is 1. The summed E-state index contributed by atoms with van der Waals surface area (Å²) in [5, 5.41) is 2.25. The molecular formula is C23H34FN3O5. The number of carbonyl (C=O) groups is 5. The molecule has 1 aliphatic heterocycles. The number of carbonyl (C=O) groups excluding carboxylic acids is 5. The van der Waals surface area contributed by atoms with Crippen LogP contribution in [0.3, 0.4) is 0 Å². The van der Waals surface area contributed by atoms with Crippen LogP contribution < -0.4 is 10.2 Å². The van der Waals surface area contributed by atoms with Gasteiger partial charge in [-0.25, -0.2) is 4.39 Å². The highest BCUT2D eigenvalue weighted by atomic mass is 19.1. The van der Waals surface area contributed by atoms with Crippen LogP contribution in [-0.2, 0) is 19.2 Å². The number of amides is 3. The molecular weight excluding hydrogens is 417 g/mol. The van der Waals surface area contributed by atoms with Gasteiger partial charge in [-0.3, -0.25) is 24.1 Å². The van der Waals surface area contributed by atoms with E-state index in [0.29, 0.717) is 56.4 Å². The van der Waals surface area contributed by atoms with E-state index in [-0.39, 0.29) is 17.8 Å². The van der Waals surface area contributed by atoms with Crippen molar-refractivity contribution in [3.05, 3.63) is 29.1 Å². The van der Waals surface area contributed by atoms with E-state index in [9.17, 15) is 23.6 Å². The summed E-state index contributed by atoms with van der Waals surface area (Å²) < 4.78 is 14.6. The third-order valence-corrected chi connectivity index (χ3v) is 4.83. The maximum Gasteiger partial charge on any atom is 0.260 e. The van der Waals surface area contributed by atoms with E-state index in [0.717, 1.165) is 17.3 Å². The molecule has 0 aliphatic carbocycles. The molecule has 1 aromatic rings. The van der Waals surface area contributed by atoms with Crippen LogP contribution in [0.4, 0.5) is 10.1 Å². The largest absolute Gasteiger partial charge is 0.368 e. The summed E-state index contributed by atoms with van der Waals surface area (Å²) in [6.45, 7) is 8.25. The van der Waals surface area contributed by atoms with Crippen LogP contribution in [0.2, 0.25) is 0 Å². The Kier molecular flexibility index (Phi) is 14.1. The second kappa shape index (κ2) is 15.7. The number of aldehydes is 1. The second-order valence-electron chi connectivity index (χ2n) is 6.96. The number of rotatable bonds is 8. The molecule has 178 valence electrons. The molecule has 9 heteroatoms. The van der Waals surface area contributed by atoms with E-state index in [1.807, 2.05) is 13.8 Å². The minimum absolute atomic E-state index is 0.115. The van der Waals surface area contributed by atoms with Gasteiger partial charge in [0.2, 0.25) is 12.8 Å². The molecule has 1 heterocycles. The number of anilines is 1. The van der Waals surface area contributed by atoms with Crippen LogP contribution in [-0.4, -0.2) is 61.9 Å². The maximum absolute atomic E-state index is 14.6. The average molecular weight is 452 g/mol. The summed E-state index contributed by atoms with van der Waals surface area (Å²) in [6.07, 6.45) is 3.12. The first-order valence-corrected chi connectivity index (χ1v) is 10.7. The normalized spacial score (nSPS) is 13.4. The van der Waals surface area contributed by atoms with Gasteiger partial charge in [0.1, 0.15) is 17.9 Å². The van der Waals surface area contributed by atoms with E-state index in [1.165, 1.54) is 0 Å². The van der Waals surface area contributed by atoms with E-state index < -0.39 is 17.8 Å². The Morgan fingerprint density at radius 2 is 1.78 bits per heavy atom. The number of halogens is 1. The summed E-state index contributed by atoms with van der Waals surface area (Å²) >= 11 is 0. The van der Waals surface area contributed by atoms with Crippen molar-refractivity contribution >= 4 is 36.5 Å². The summed E-state index contributed by atoms with van der Waals surface area (Å²) in [4.78, 5) is 57.7. The van der Waals surface area contributed by atoms with Crippen LogP contribution in [0.5, 0.6) is 0 Å². The Hall–Kier alpha value is -3.10. The molecule has 2 rings (SSSR count). The smallest absolute Gasteiger partial charge is 0.260 e. The lowest BCUT2D eigenvalue weighted by Crippen LogP contribution is -2.38. The minimum Gasteiger partial charge on any atom is -0.368 e. The summed E-state index contributed by atoms with van der Waals surface area (Å²) in [5.41, 5.74) is 1.03. The Balaban J connectivity index is 0.00000144. The fourth-order valence-electron chi connectivity index (χ4n) is 3.08. The molecule has 1 atom stereocenters. The van der Waals surface area contributed by atoms with Crippen molar-refractivity contribution in [3.8, 4) is 0 Å². The molecule has 0 aromatic heterocycles. The molecule has 0 radical (unpaired) electrons. The van der Waals surface area contributed by atoms with Gasteiger partial charge in [0.05, 0.1) is 5.69 Å². The van der Waals surface area contributed by atoms with E-state index >= 15 is 0 Å². The summed E-state index contributed by atoms with van der Waals surface area (Å²) in [5.74, 6) is -0.981. The van der Waals surface area contributed by atoms with Gasteiger partial charge in [-0.1, -0.05) is 13.8 Å². The Labute approximate surface area is 189 Å².